The second-order valence-electron chi connectivity index (χ2n) is 3.66. The quantitative estimate of drug-likeness (QED) is 0.514. The Bertz CT molecular complexity index is 135. The molecule has 0 saturated heterocycles. The zero-order valence-corrected chi connectivity index (χ0v) is 15.3. The Labute approximate surface area is 94.8 Å². The summed E-state index contributed by atoms with van der Waals surface area (Å²) in [6.07, 6.45) is 0. The second kappa shape index (κ2) is 10.9. The first-order valence-corrected chi connectivity index (χ1v) is 12.9. The fourth-order valence-electron chi connectivity index (χ4n) is 0.472. The van der Waals surface area contributed by atoms with E-state index < -0.39 is 0 Å². The zero-order valence-electron chi connectivity index (χ0n) is 11.3. The molecule has 0 atom stereocenters. The Morgan fingerprint density at radius 2 is 1.43 bits per heavy atom. The average molecular weight is 237 g/mol. The summed E-state index contributed by atoms with van der Waals surface area (Å²) in [5.41, 5.74) is -0.0359. The smallest absolute Gasteiger partial charge is 0.219 e. The van der Waals surface area contributed by atoms with E-state index in [2.05, 4.69) is 4.74 Å². The Morgan fingerprint density at radius 1 is 1.21 bits per heavy atom. The highest BCUT2D eigenvalue weighted by Crippen LogP contribution is 2.09. The number of carbonyl (C=O) groups excluding carboxylic acids is 1. The lowest BCUT2D eigenvalue weighted by atomic mass is 10.1. The van der Waals surface area contributed by atoms with Crippen LogP contribution < -0.4 is 0 Å². The summed E-state index contributed by atoms with van der Waals surface area (Å²) in [7, 11) is 7.95. The number of hydrogen-bond donors (Lipinski definition) is 0. The zero-order chi connectivity index (χ0) is 12.4. The minimum absolute atomic E-state index is 0.0359. The van der Waals surface area contributed by atoms with Crippen LogP contribution in [0.5, 0.6) is 0 Å². The van der Waals surface area contributed by atoms with Crippen LogP contribution in [-0.4, -0.2) is 57.1 Å². The van der Waals surface area contributed by atoms with Crippen LogP contribution in [0.4, 0.5) is 0 Å². The SMILES string of the molecule is CC(=O)N(C)C(C)(C)C.COC.[SiH3][SiH3]. The lowest BCUT2D eigenvalue weighted by molar-refractivity contribution is -0.131. The van der Waals surface area contributed by atoms with Gasteiger partial charge in [-0.3, -0.25) is 4.79 Å². The monoisotopic (exact) mass is 237 g/mol. The summed E-state index contributed by atoms with van der Waals surface area (Å²) < 4.78 is 4.25. The minimum Gasteiger partial charge on any atom is -0.388 e. The van der Waals surface area contributed by atoms with Gasteiger partial charge in [-0.25, -0.2) is 0 Å². The van der Waals surface area contributed by atoms with Gasteiger partial charge in [0.25, 0.3) is 0 Å². The molecule has 0 aromatic rings. The van der Waals surface area contributed by atoms with E-state index >= 15 is 0 Å². The normalized spacial score (nSPS) is 9.36. The molecular weight excluding hydrogens is 210 g/mol. The third-order valence-electron chi connectivity index (χ3n) is 1.48. The third kappa shape index (κ3) is 14.4. The number of nitrogens with zero attached hydrogens (tertiary/aromatic N) is 1. The van der Waals surface area contributed by atoms with Gasteiger partial charge in [0.05, 0.1) is 0 Å². The number of amides is 1. The van der Waals surface area contributed by atoms with Gasteiger partial charge >= 0.3 is 0 Å². The van der Waals surface area contributed by atoms with Crippen LogP contribution in [0.2, 0.25) is 0 Å². The van der Waals surface area contributed by atoms with E-state index in [4.69, 9.17) is 0 Å². The number of rotatable bonds is 0. The lowest BCUT2D eigenvalue weighted by Gasteiger charge is -2.30. The molecule has 0 aromatic heterocycles. The van der Waals surface area contributed by atoms with Gasteiger partial charge in [0.2, 0.25) is 5.91 Å². The summed E-state index contributed by atoms with van der Waals surface area (Å²) in [5.74, 6) is 0.113. The third-order valence-corrected chi connectivity index (χ3v) is 1.48. The van der Waals surface area contributed by atoms with Crippen molar-refractivity contribution in [2.75, 3.05) is 21.3 Å². The molecule has 0 heterocycles. The summed E-state index contributed by atoms with van der Waals surface area (Å²) in [4.78, 5) is 12.4. The van der Waals surface area contributed by atoms with Crippen molar-refractivity contribution in [3.63, 3.8) is 0 Å². The molecule has 0 rings (SSSR count). The molecule has 0 radical (unpaired) electrons. The summed E-state index contributed by atoms with van der Waals surface area (Å²) in [5, 5.41) is 0. The maximum Gasteiger partial charge on any atom is 0.219 e. The maximum atomic E-state index is 10.7. The maximum absolute atomic E-state index is 10.7. The van der Waals surface area contributed by atoms with Crippen LogP contribution in [0.1, 0.15) is 27.7 Å². The number of ether oxygens (including phenoxy) is 1. The summed E-state index contributed by atoms with van der Waals surface area (Å²) >= 11 is 0. The van der Waals surface area contributed by atoms with E-state index in [0.29, 0.717) is 0 Å². The van der Waals surface area contributed by atoms with E-state index in [0.717, 1.165) is 0 Å². The average Bonchev–Trinajstić information content (AvgIpc) is 2.06. The van der Waals surface area contributed by atoms with Gasteiger partial charge < -0.3 is 9.64 Å². The van der Waals surface area contributed by atoms with E-state index in [1.165, 1.54) is 19.5 Å². The summed E-state index contributed by atoms with van der Waals surface area (Å²) in [6.45, 7) is 7.60. The lowest BCUT2D eigenvalue weighted by Crippen LogP contribution is -2.41. The van der Waals surface area contributed by atoms with Crippen LogP contribution in [0.3, 0.4) is 0 Å². The molecule has 0 aliphatic carbocycles. The Hall–Kier alpha value is -0.136. The minimum atomic E-state index is -0.0359. The molecule has 1 amide bonds. The largest absolute Gasteiger partial charge is 0.388 e. The highest BCUT2D eigenvalue weighted by atomic mass is 29.1. The van der Waals surface area contributed by atoms with Gasteiger partial charge in [-0.15, -0.1) is 0 Å². The van der Waals surface area contributed by atoms with Gasteiger partial charge in [0, 0.05) is 33.7 Å². The highest BCUT2D eigenvalue weighted by Gasteiger charge is 2.18. The van der Waals surface area contributed by atoms with Crippen molar-refractivity contribution in [3.8, 4) is 0 Å². The van der Waals surface area contributed by atoms with Gasteiger partial charge in [-0.05, 0) is 40.3 Å². The molecule has 0 bridgehead atoms. The Kier molecular flexibility index (Phi) is 15.2. The first kappa shape index (κ1) is 19.4. The molecular formula is C9H27NO2Si2. The van der Waals surface area contributed by atoms with E-state index in [9.17, 15) is 4.79 Å². The Balaban J connectivity index is -0.000000205. The predicted octanol–water partition coefficient (Wildman–Crippen LogP) is -0.842. The van der Waals surface area contributed by atoms with Crippen LogP contribution >= 0.6 is 0 Å². The van der Waals surface area contributed by atoms with Gasteiger partial charge in [-0.1, -0.05) is 0 Å². The molecule has 3 nitrogen and oxygen atoms in total. The van der Waals surface area contributed by atoms with Crippen molar-refractivity contribution in [1.29, 1.82) is 0 Å². The number of hydrogen-bond acceptors (Lipinski definition) is 2. The standard InChI is InChI=1S/C7H15NO.C2H6O.H6Si2/c1-6(9)8(5)7(2,3)4;1-3-2;1-2/h1-5H3;1-2H3;1-2H3. The molecule has 0 N–H and O–H groups in total. The van der Waals surface area contributed by atoms with Gasteiger partial charge in [0.15, 0.2) is 0 Å². The van der Waals surface area contributed by atoms with Crippen LogP contribution in [0.15, 0.2) is 0 Å². The molecule has 0 aliphatic rings. The fraction of sp³-hybridized carbons (Fsp3) is 0.889. The van der Waals surface area contributed by atoms with Gasteiger partial charge in [-0.2, -0.15) is 0 Å². The van der Waals surface area contributed by atoms with Crippen LogP contribution in [-0.2, 0) is 9.53 Å². The highest BCUT2D eigenvalue weighted by molar-refractivity contribution is 6.75. The van der Waals surface area contributed by atoms with E-state index in [1.54, 1.807) is 26.0 Å². The molecule has 0 aromatic carbocycles. The van der Waals surface area contributed by atoms with Crippen molar-refractivity contribution >= 4 is 25.4 Å². The molecule has 88 valence electrons. The molecule has 14 heavy (non-hydrogen) atoms. The van der Waals surface area contributed by atoms with Crippen LogP contribution in [0.25, 0.3) is 0 Å². The molecule has 0 aliphatic heterocycles. The van der Waals surface area contributed by atoms with Crippen molar-refractivity contribution < 1.29 is 9.53 Å². The number of methoxy groups -OCH3 is 1. The predicted molar refractivity (Wildman–Crippen MR) is 71.0 cm³/mol. The first-order chi connectivity index (χ1) is 6.27. The molecule has 0 saturated carbocycles. The van der Waals surface area contributed by atoms with Crippen molar-refractivity contribution in [3.05, 3.63) is 0 Å². The van der Waals surface area contributed by atoms with Gasteiger partial charge in [0.1, 0.15) is 0 Å². The molecule has 5 heteroatoms. The van der Waals surface area contributed by atoms with Crippen molar-refractivity contribution in [1.82, 2.24) is 4.90 Å². The topological polar surface area (TPSA) is 29.5 Å². The molecule has 0 spiro atoms. The summed E-state index contributed by atoms with van der Waals surface area (Å²) in [6, 6.07) is 0. The molecule has 0 fully saturated rings. The van der Waals surface area contributed by atoms with Crippen molar-refractivity contribution in [2.45, 2.75) is 33.2 Å². The van der Waals surface area contributed by atoms with E-state index in [1.807, 2.05) is 27.8 Å². The second-order valence-corrected chi connectivity index (χ2v) is 3.66. The van der Waals surface area contributed by atoms with Crippen LogP contribution in [0, 0.1) is 0 Å². The fourth-order valence-corrected chi connectivity index (χ4v) is 0.472. The Morgan fingerprint density at radius 3 is 1.43 bits per heavy atom. The first-order valence-electron chi connectivity index (χ1n) is 4.92. The van der Waals surface area contributed by atoms with E-state index in [-0.39, 0.29) is 11.4 Å². The molecule has 0 unspecified atom stereocenters. The number of carbonyl (C=O) groups is 1. The van der Waals surface area contributed by atoms with Crippen molar-refractivity contribution in [2.24, 2.45) is 0 Å².